The number of ketones is 1. The van der Waals surface area contributed by atoms with Crippen molar-refractivity contribution >= 4 is 11.8 Å². The zero-order valence-electron chi connectivity index (χ0n) is 10.8. The van der Waals surface area contributed by atoms with Gasteiger partial charge in [0.1, 0.15) is 5.41 Å². The number of carbonyl (C=O) groups excluding carboxylic acids is 2. The van der Waals surface area contributed by atoms with Crippen LogP contribution in [0.5, 0.6) is 0 Å². The number of benzene rings is 1. The van der Waals surface area contributed by atoms with Crippen LogP contribution in [0.25, 0.3) is 0 Å². The first-order valence-corrected chi connectivity index (χ1v) is 6.30. The van der Waals surface area contributed by atoms with Crippen molar-refractivity contribution in [2.45, 2.75) is 24.8 Å². The quantitative estimate of drug-likeness (QED) is 0.832. The Morgan fingerprint density at radius 3 is 2.74 bits per heavy atom. The van der Waals surface area contributed by atoms with Crippen LogP contribution in [-0.4, -0.2) is 24.4 Å². The second-order valence-corrected chi connectivity index (χ2v) is 4.59. The van der Waals surface area contributed by atoms with Crippen molar-refractivity contribution in [3.63, 3.8) is 0 Å². The number of carbonyl (C=O) groups is 2. The topological polar surface area (TPSA) is 69.4 Å². The molecular weight excluding hydrogens is 242 g/mol. The van der Waals surface area contributed by atoms with Gasteiger partial charge in [-0.05, 0) is 18.6 Å². The number of esters is 1. The Kier molecular flexibility index (Phi) is 3.81. The molecule has 0 radical (unpaired) electrons. The Morgan fingerprint density at radius 2 is 2.11 bits per heavy atom. The van der Waals surface area contributed by atoms with Crippen molar-refractivity contribution in [3.8, 4) is 0 Å². The molecule has 4 heteroatoms. The summed E-state index contributed by atoms with van der Waals surface area (Å²) in [6, 6.07) is 8.56. The van der Waals surface area contributed by atoms with Crippen molar-refractivity contribution < 1.29 is 14.3 Å². The average molecular weight is 259 g/mol. The molecular formula is C15H17NO3. The van der Waals surface area contributed by atoms with Gasteiger partial charge in [-0.1, -0.05) is 36.4 Å². The zero-order valence-corrected chi connectivity index (χ0v) is 10.8. The molecule has 0 heterocycles. The lowest BCUT2D eigenvalue weighted by atomic mass is 9.68. The first-order valence-electron chi connectivity index (χ1n) is 6.30. The van der Waals surface area contributed by atoms with E-state index in [-0.39, 0.29) is 18.8 Å². The Morgan fingerprint density at radius 1 is 1.42 bits per heavy atom. The molecule has 2 unspecified atom stereocenters. The minimum absolute atomic E-state index is 0.0491. The monoisotopic (exact) mass is 259 g/mol. The van der Waals surface area contributed by atoms with Crippen LogP contribution < -0.4 is 5.73 Å². The molecule has 4 nitrogen and oxygen atoms in total. The van der Waals surface area contributed by atoms with Crippen LogP contribution in [0.15, 0.2) is 42.5 Å². The van der Waals surface area contributed by atoms with E-state index in [0.717, 1.165) is 5.56 Å². The first-order chi connectivity index (χ1) is 9.11. The summed E-state index contributed by atoms with van der Waals surface area (Å²) in [5.41, 5.74) is 5.71. The number of ether oxygens (including phenoxy) is 1. The molecule has 2 N–H and O–H groups in total. The summed E-state index contributed by atoms with van der Waals surface area (Å²) >= 11 is 0. The molecule has 0 bridgehead atoms. The molecule has 1 aromatic rings. The van der Waals surface area contributed by atoms with E-state index in [9.17, 15) is 9.59 Å². The molecule has 2 atom stereocenters. The van der Waals surface area contributed by atoms with Crippen molar-refractivity contribution in [2.24, 2.45) is 5.73 Å². The van der Waals surface area contributed by atoms with E-state index >= 15 is 0 Å². The van der Waals surface area contributed by atoms with Crippen LogP contribution in [0.3, 0.4) is 0 Å². The standard InChI is InChI=1S/C15H17NO3/c1-2-19-14(18)15(11-6-4-3-5-7-11)10-12(17)8-9-13(15)16/h3-9,13H,2,10,16H2,1H3. The highest BCUT2D eigenvalue weighted by Crippen LogP contribution is 2.36. The molecule has 0 fully saturated rings. The van der Waals surface area contributed by atoms with Gasteiger partial charge < -0.3 is 10.5 Å². The predicted molar refractivity (Wildman–Crippen MR) is 71.5 cm³/mol. The smallest absolute Gasteiger partial charge is 0.318 e. The summed E-state index contributed by atoms with van der Waals surface area (Å²) in [5, 5.41) is 0. The maximum absolute atomic E-state index is 12.4. The molecule has 0 spiro atoms. The minimum atomic E-state index is -1.11. The lowest BCUT2D eigenvalue weighted by Crippen LogP contribution is -2.54. The third-order valence-electron chi connectivity index (χ3n) is 3.44. The summed E-state index contributed by atoms with van der Waals surface area (Å²) in [5.74, 6) is -0.551. The van der Waals surface area contributed by atoms with Crippen molar-refractivity contribution in [1.29, 1.82) is 0 Å². The van der Waals surface area contributed by atoms with Gasteiger partial charge in [-0.15, -0.1) is 0 Å². The van der Waals surface area contributed by atoms with E-state index in [1.54, 1.807) is 13.0 Å². The molecule has 1 aliphatic carbocycles. The molecule has 1 aliphatic rings. The minimum Gasteiger partial charge on any atom is -0.465 e. The largest absolute Gasteiger partial charge is 0.465 e. The van der Waals surface area contributed by atoms with Crippen molar-refractivity contribution in [1.82, 2.24) is 0 Å². The van der Waals surface area contributed by atoms with Crippen LogP contribution in [0.2, 0.25) is 0 Å². The van der Waals surface area contributed by atoms with Gasteiger partial charge >= 0.3 is 5.97 Å². The Balaban J connectivity index is 2.53. The van der Waals surface area contributed by atoms with E-state index in [0.29, 0.717) is 0 Å². The summed E-state index contributed by atoms with van der Waals surface area (Å²) < 4.78 is 5.15. The van der Waals surface area contributed by atoms with E-state index < -0.39 is 17.4 Å². The van der Waals surface area contributed by atoms with Gasteiger partial charge in [0.25, 0.3) is 0 Å². The van der Waals surface area contributed by atoms with Crippen LogP contribution in [0, 0.1) is 0 Å². The van der Waals surface area contributed by atoms with Gasteiger partial charge in [-0.3, -0.25) is 9.59 Å². The summed E-state index contributed by atoms with van der Waals surface area (Å²) in [4.78, 5) is 24.1. The fourth-order valence-electron chi connectivity index (χ4n) is 2.44. The van der Waals surface area contributed by atoms with Crippen molar-refractivity contribution in [3.05, 3.63) is 48.0 Å². The van der Waals surface area contributed by atoms with Gasteiger partial charge in [0.05, 0.1) is 6.61 Å². The van der Waals surface area contributed by atoms with Crippen molar-refractivity contribution in [2.75, 3.05) is 6.61 Å². The average Bonchev–Trinajstić information content (AvgIpc) is 2.42. The summed E-state index contributed by atoms with van der Waals surface area (Å²) in [6.45, 7) is 2.00. The third kappa shape index (κ3) is 2.31. The number of hydrogen-bond acceptors (Lipinski definition) is 4. The highest BCUT2D eigenvalue weighted by molar-refractivity contribution is 5.99. The number of hydrogen-bond donors (Lipinski definition) is 1. The lowest BCUT2D eigenvalue weighted by Gasteiger charge is -2.37. The summed E-state index contributed by atoms with van der Waals surface area (Å²) in [6.07, 6.45) is 3.06. The Bertz CT molecular complexity index is 509. The zero-order chi connectivity index (χ0) is 13.9. The van der Waals surface area contributed by atoms with E-state index in [1.165, 1.54) is 6.08 Å². The lowest BCUT2D eigenvalue weighted by molar-refractivity contribution is -0.152. The number of allylic oxidation sites excluding steroid dienone is 1. The molecule has 0 amide bonds. The van der Waals surface area contributed by atoms with E-state index in [2.05, 4.69) is 0 Å². The van der Waals surface area contributed by atoms with E-state index in [1.807, 2.05) is 30.3 Å². The fraction of sp³-hybridized carbons (Fsp3) is 0.333. The maximum Gasteiger partial charge on any atom is 0.318 e. The molecule has 1 aromatic carbocycles. The Hall–Kier alpha value is -1.94. The molecule has 0 saturated carbocycles. The molecule has 100 valence electrons. The second kappa shape index (κ2) is 5.36. The molecule has 0 aliphatic heterocycles. The molecule has 0 aromatic heterocycles. The van der Waals surface area contributed by atoms with Crippen LogP contribution >= 0.6 is 0 Å². The number of rotatable bonds is 3. The maximum atomic E-state index is 12.4. The fourth-order valence-corrected chi connectivity index (χ4v) is 2.44. The highest BCUT2D eigenvalue weighted by atomic mass is 16.5. The predicted octanol–water partition coefficient (Wildman–Crippen LogP) is 1.34. The highest BCUT2D eigenvalue weighted by Gasteiger charge is 2.49. The summed E-state index contributed by atoms with van der Waals surface area (Å²) in [7, 11) is 0. The molecule has 19 heavy (non-hydrogen) atoms. The van der Waals surface area contributed by atoms with Gasteiger partial charge in [0.15, 0.2) is 5.78 Å². The number of nitrogens with two attached hydrogens (primary N) is 1. The van der Waals surface area contributed by atoms with Crippen LogP contribution in [-0.2, 0) is 19.7 Å². The second-order valence-electron chi connectivity index (χ2n) is 4.59. The van der Waals surface area contributed by atoms with Crippen LogP contribution in [0.4, 0.5) is 0 Å². The van der Waals surface area contributed by atoms with Gasteiger partial charge in [-0.2, -0.15) is 0 Å². The third-order valence-corrected chi connectivity index (χ3v) is 3.44. The molecule has 0 saturated heterocycles. The van der Waals surface area contributed by atoms with Crippen LogP contribution in [0.1, 0.15) is 18.9 Å². The van der Waals surface area contributed by atoms with Gasteiger partial charge in [0, 0.05) is 12.5 Å². The Labute approximate surface area is 112 Å². The van der Waals surface area contributed by atoms with Gasteiger partial charge in [-0.25, -0.2) is 0 Å². The first kappa shape index (κ1) is 13.5. The van der Waals surface area contributed by atoms with E-state index in [4.69, 9.17) is 10.5 Å². The molecule has 2 rings (SSSR count). The SMILES string of the molecule is CCOC(=O)C1(c2ccccc2)CC(=O)C=CC1N. The van der Waals surface area contributed by atoms with Gasteiger partial charge in [0.2, 0.25) is 0 Å². The normalized spacial score (nSPS) is 26.2.